The first-order chi connectivity index (χ1) is 13.3. The van der Waals surface area contributed by atoms with Gasteiger partial charge in [-0.15, -0.1) is 0 Å². The van der Waals surface area contributed by atoms with Gasteiger partial charge in [0.1, 0.15) is 19.0 Å². The van der Waals surface area contributed by atoms with Gasteiger partial charge in [0.15, 0.2) is 5.96 Å². The molecule has 1 fully saturated rings. The SMILES string of the molecule is CN=C(NCc1ccc(OCCOc2ccccc2)nc1)NC1CCCC1. The van der Waals surface area contributed by atoms with Crippen LogP contribution in [0.15, 0.2) is 53.7 Å². The fraction of sp³-hybridized carbons (Fsp3) is 0.429. The van der Waals surface area contributed by atoms with Gasteiger partial charge in [-0.05, 0) is 30.5 Å². The lowest BCUT2D eigenvalue weighted by atomic mass is 10.2. The third-order valence-corrected chi connectivity index (χ3v) is 4.52. The number of nitrogens with zero attached hydrogens (tertiary/aromatic N) is 2. The molecule has 3 rings (SSSR count). The molecule has 2 aromatic rings. The summed E-state index contributed by atoms with van der Waals surface area (Å²) < 4.78 is 11.2. The fourth-order valence-electron chi connectivity index (χ4n) is 3.07. The van der Waals surface area contributed by atoms with Gasteiger partial charge in [-0.3, -0.25) is 4.99 Å². The maximum atomic E-state index is 5.63. The van der Waals surface area contributed by atoms with Crippen LogP contribution in [0, 0.1) is 0 Å². The Bertz CT molecular complexity index is 698. The van der Waals surface area contributed by atoms with Crippen molar-refractivity contribution in [2.45, 2.75) is 38.3 Å². The number of aromatic nitrogens is 1. The van der Waals surface area contributed by atoms with Crippen LogP contribution in [0.1, 0.15) is 31.2 Å². The van der Waals surface area contributed by atoms with Gasteiger partial charge in [0.25, 0.3) is 0 Å². The molecule has 0 aliphatic heterocycles. The third-order valence-electron chi connectivity index (χ3n) is 4.52. The summed E-state index contributed by atoms with van der Waals surface area (Å²) in [7, 11) is 1.80. The molecule has 1 aromatic carbocycles. The number of pyridine rings is 1. The largest absolute Gasteiger partial charge is 0.490 e. The van der Waals surface area contributed by atoms with Crippen LogP contribution in [0.2, 0.25) is 0 Å². The Hall–Kier alpha value is -2.76. The van der Waals surface area contributed by atoms with Gasteiger partial charge < -0.3 is 20.1 Å². The lowest BCUT2D eigenvalue weighted by molar-refractivity contribution is 0.212. The molecule has 1 saturated carbocycles. The second kappa shape index (κ2) is 10.4. The van der Waals surface area contributed by atoms with E-state index < -0.39 is 0 Å². The number of rotatable bonds is 8. The minimum Gasteiger partial charge on any atom is -0.490 e. The van der Waals surface area contributed by atoms with Crippen LogP contribution in [0.5, 0.6) is 11.6 Å². The summed E-state index contributed by atoms with van der Waals surface area (Å²) >= 11 is 0. The highest BCUT2D eigenvalue weighted by molar-refractivity contribution is 5.79. The molecule has 1 aliphatic rings. The summed E-state index contributed by atoms with van der Waals surface area (Å²) in [5.41, 5.74) is 1.08. The minimum atomic E-state index is 0.456. The van der Waals surface area contributed by atoms with Crippen molar-refractivity contribution in [3.8, 4) is 11.6 Å². The molecular weight excluding hydrogens is 340 g/mol. The van der Waals surface area contributed by atoms with Crippen molar-refractivity contribution < 1.29 is 9.47 Å². The predicted molar refractivity (Wildman–Crippen MR) is 107 cm³/mol. The van der Waals surface area contributed by atoms with E-state index in [4.69, 9.17) is 9.47 Å². The van der Waals surface area contributed by atoms with Gasteiger partial charge in [-0.2, -0.15) is 0 Å². The number of para-hydroxylation sites is 1. The van der Waals surface area contributed by atoms with Crippen LogP contribution < -0.4 is 20.1 Å². The van der Waals surface area contributed by atoms with Gasteiger partial charge >= 0.3 is 0 Å². The molecule has 1 aliphatic carbocycles. The van der Waals surface area contributed by atoms with Crippen molar-refractivity contribution in [2.24, 2.45) is 4.99 Å². The Morgan fingerprint density at radius 1 is 1.07 bits per heavy atom. The quantitative estimate of drug-likeness (QED) is 0.426. The smallest absolute Gasteiger partial charge is 0.213 e. The van der Waals surface area contributed by atoms with E-state index in [1.165, 1.54) is 25.7 Å². The fourth-order valence-corrected chi connectivity index (χ4v) is 3.07. The lowest BCUT2D eigenvalue weighted by Gasteiger charge is -2.16. The molecule has 0 amide bonds. The first-order valence-electron chi connectivity index (χ1n) is 9.56. The van der Waals surface area contributed by atoms with E-state index in [-0.39, 0.29) is 0 Å². The highest BCUT2D eigenvalue weighted by Crippen LogP contribution is 2.17. The third kappa shape index (κ3) is 6.47. The van der Waals surface area contributed by atoms with Gasteiger partial charge in [0.05, 0.1) is 0 Å². The second-order valence-corrected chi connectivity index (χ2v) is 6.57. The molecule has 6 nitrogen and oxygen atoms in total. The molecule has 2 N–H and O–H groups in total. The van der Waals surface area contributed by atoms with Gasteiger partial charge in [0.2, 0.25) is 5.88 Å². The molecule has 1 aromatic heterocycles. The molecule has 27 heavy (non-hydrogen) atoms. The Morgan fingerprint density at radius 3 is 2.56 bits per heavy atom. The number of hydrogen-bond donors (Lipinski definition) is 2. The van der Waals surface area contributed by atoms with Crippen molar-refractivity contribution in [1.82, 2.24) is 15.6 Å². The molecule has 0 bridgehead atoms. The molecule has 1 heterocycles. The Kier molecular flexibility index (Phi) is 7.33. The van der Waals surface area contributed by atoms with E-state index in [9.17, 15) is 0 Å². The van der Waals surface area contributed by atoms with E-state index >= 15 is 0 Å². The summed E-state index contributed by atoms with van der Waals surface area (Å²) in [6.07, 6.45) is 6.88. The van der Waals surface area contributed by atoms with Gasteiger partial charge in [-0.25, -0.2) is 4.98 Å². The second-order valence-electron chi connectivity index (χ2n) is 6.57. The van der Waals surface area contributed by atoms with Crippen LogP contribution in [0.25, 0.3) is 0 Å². The summed E-state index contributed by atoms with van der Waals surface area (Å²) in [5, 5.41) is 6.82. The highest BCUT2D eigenvalue weighted by Gasteiger charge is 2.15. The predicted octanol–water partition coefficient (Wildman–Crippen LogP) is 3.15. The summed E-state index contributed by atoms with van der Waals surface area (Å²) in [5.74, 6) is 2.29. The van der Waals surface area contributed by atoms with E-state index in [0.29, 0.717) is 31.7 Å². The topological polar surface area (TPSA) is 67.8 Å². The number of benzene rings is 1. The highest BCUT2D eigenvalue weighted by atomic mass is 16.5. The number of aliphatic imine (C=N–C) groups is 1. The first kappa shape index (κ1) is 19.0. The van der Waals surface area contributed by atoms with Gasteiger partial charge in [0, 0.05) is 31.9 Å². The summed E-state index contributed by atoms with van der Waals surface area (Å²) in [6, 6.07) is 14.1. The maximum Gasteiger partial charge on any atom is 0.213 e. The zero-order valence-electron chi connectivity index (χ0n) is 15.9. The maximum absolute atomic E-state index is 5.63. The minimum absolute atomic E-state index is 0.456. The summed E-state index contributed by atoms with van der Waals surface area (Å²) in [4.78, 5) is 8.65. The molecule has 0 spiro atoms. The zero-order valence-corrected chi connectivity index (χ0v) is 15.9. The van der Waals surface area contributed by atoms with Gasteiger partial charge in [-0.1, -0.05) is 37.1 Å². The van der Waals surface area contributed by atoms with E-state index in [1.54, 1.807) is 7.05 Å². The molecule has 6 heteroatoms. The molecule has 0 saturated heterocycles. The first-order valence-corrected chi connectivity index (χ1v) is 9.56. The number of guanidine groups is 1. The van der Waals surface area contributed by atoms with Crippen molar-refractivity contribution in [2.75, 3.05) is 20.3 Å². The molecule has 0 unspecified atom stereocenters. The molecular formula is C21H28N4O2. The lowest BCUT2D eigenvalue weighted by Crippen LogP contribution is -2.41. The van der Waals surface area contributed by atoms with E-state index in [0.717, 1.165) is 17.3 Å². The van der Waals surface area contributed by atoms with Crippen LogP contribution in [-0.4, -0.2) is 37.2 Å². The van der Waals surface area contributed by atoms with E-state index in [1.807, 2.05) is 48.7 Å². The van der Waals surface area contributed by atoms with Crippen molar-refractivity contribution in [1.29, 1.82) is 0 Å². The zero-order chi connectivity index (χ0) is 18.7. The molecule has 144 valence electrons. The van der Waals surface area contributed by atoms with Crippen molar-refractivity contribution in [3.63, 3.8) is 0 Å². The van der Waals surface area contributed by atoms with Crippen LogP contribution in [-0.2, 0) is 6.54 Å². The van der Waals surface area contributed by atoms with Crippen molar-refractivity contribution >= 4 is 5.96 Å². The van der Waals surface area contributed by atoms with Crippen LogP contribution >= 0.6 is 0 Å². The average Bonchev–Trinajstić information content (AvgIpc) is 3.23. The monoisotopic (exact) mass is 368 g/mol. The number of nitrogens with one attached hydrogen (secondary N) is 2. The molecule has 0 atom stereocenters. The van der Waals surface area contributed by atoms with Crippen LogP contribution in [0.3, 0.4) is 0 Å². The normalized spacial score (nSPS) is 14.8. The summed E-state index contributed by atoms with van der Waals surface area (Å²) in [6.45, 7) is 1.62. The van der Waals surface area contributed by atoms with Crippen LogP contribution in [0.4, 0.5) is 0 Å². The Balaban J connectivity index is 1.36. The number of hydrogen-bond acceptors (Lipinski definition) is 4. The number of ether oxygens (including phenoxy) is 2. The Labute approximate surface area is 161 Å². The standard InChI is InChI=1S/C21H28N4O2/c1-22-21(25-18-7-5-6-8-18)24-16-17-11-12-20(23-15-17)27-14-13-26-19-9-3-2-4-10-19/h2-4,9-12,15,18H,5-8,13-14,16H2,1H3,(H2,22,24,25). The van der Waals surface area contributed by atoms with Crippen molar-refractivity contribution in [3.05, 3.63) is 54.2 Å². The average molecular weight is 368 g/mol. The molecule has 0 radical (unpaired) electrons. The Morgan fingerprint density at radius 2 is 1.85 bits per heavy atom. The van der Waals surface area contributed by atoms with E-state index in [2.05, 4.69) is 20.6 Å².